The van der Waals surface area contributed by atoms with Gasteiger partial charge in [-0.3, -0.25) is 4.90 Å². The van der Waals surface area contributed by atoms with Gasteiger partial charge in [0.05, 0.1) is 36.6 Å². The van der Waals surface area contributed by atoms with Gasteiger partial charge in [-0.15, -0.1) is 0 Å². The summed E-state index contributed by atoms with van der Waals surface area (Å²) in [4.78, 5) is 2.23. The molecule has 0 amide bonds. The van der Waals surface area contributed by atoms with Crippen LogP contribution < -0.4 is 10.5 Å². The van der Waals surface area contributed by atoms with Crippen LogP contribution in [0.4, 0.5) is 0 Å². The van der Waals surface area contributed by atoms with Crippen LogP contribution in [0, 0.1) is 45.3 Å². The van der Waals surface area contributed by atoms with Crippen molar-refractivity contribution in [2.45, 2.75) is 12.8 Å². The predicted molar refractivity (Wildman–Crippen MR) is 99.9 cm³/mol. The lowest BCUT2D eigenvalue weighted by Crippen LogP contribution is -2.47. The zero-order valence-corrected chi connectivity index (χ0v) is 15.4. The lowest BCUT2D eigenvalue weighted by atomic mass is 9.60. The third kappa shape index (κ3) is 2.65. The second-order valence-electron chi connectivity index (χ2n) is 6.75. The summed E-state index contributed by atoms with van der Waals surface area (Å²) in [6.07, 6.45) is 1.94. The molecule has 2 atom stereocenters. The Bertz CT molecular complexity index is 927. The minimum Gasteiger partial charge on any atom is -0.496 e. The van der Waals surface area contributed by atoms with Gasteiger partial charge in [-0.05, 0) is 18.2 Å². The lowest BCUT2D eigenvalue weighted by Gasteiger charge is -2.45. The van der Waals surface area contributed by atoms with E-state index in [0.29, 0.717) is 24.4 Å². The van der Waals surface area contributed by atoms with Crippen molar-refractivity contribution < 1.29 is 4.74 Å². The number of nitrogens with two attached hydrogens (primary N) is 1. The van der Waals surface area contributed by atoms with Gasteiger partial charge in [0, 0.05) is 30.5 Å². The molecule has 1 heterocycles. The van der Waals surface area contributed by atoms with Crippen molar-refractivity contribution in [3.63, 3.8) is 0 Å². The van der Waals surface area contributed by atoms with Gasteiger partial charge in [-0.1, -0.05) is 31.2 Å². The smallest absolute Gasteiger partial charge is 0.204 e. The molecule has 0 aromatic heterocycles. The number of methoxy groups -OCH3 is 1. The highest BCUT2D eigenvalue weighted by atomic mass is 16.5. The first kappa shape index (κ1) is 18.5. The van der Waals surface area contributed by atoms with E-state index in [0.717, 1.165) is 12.1 Å². The molecule has 3 rings (SSSR count). The molecule has 0 spiro atoms. The maximum absolute atomic E-state index is 9.91. The van der Waals surface area contributed by atoms with Crippen LogP contribution in [0.1, 0.15) is 18.4 Å². The quantitative estimate of drug-likeness (QED) is 0.830. The molecule has 1 aromatic carbocycles. The molecular formula is C21H21N5O. The van der Waals surface area contributed by atoms with E-state index < -0.39 is 5.41 Å². The molecule has 2 N–H and O–H groups in total. The van der Waals surface area contributed by atoms with E-state index in [1.807, 2.05) is 30.3 Å². The van der Waals surface area contributed by atoms with Crippen LogP contribution >= 0.6 is 0 Å². The van der Waals surface area contributed by atoms with Crippen LogP contribution in [0.2, 0.25) is 0 Å². The molecule has 0 fully saturated rings. The van der Waals surface area contributed by atoms with E-state index in [1.165, 1.54) is 0 Å². The Morgan fingerprint density at radius 3 is 2.56 bits per heavy atom. The van der Waals surface area contributed by atoms with Crippen molar-refractivity contribution in [2.75, 3.05) is 26.7 Å². The fraction of sp³-hybridized carbons (Fsp3) is 0.381. The average molecular weight is 359 g/mol. The molecule has 6 heteroatoms. The van der Waals surface area contributed by atoms with Crippen LogP contribution in [0.5, 0.6) is 5.75 Å². The summed E-state index contributed by atoms with van der Waals surface area (Å²) in [5.74, 6) is 0.107. The van der Waals surface area contributed by atoms with E-state index in [9.17, 15) is 15.8 Å². The number of allylic oxidation sites excluding steroid dienone is 2. The van der Waals surface area contributed by atoms with Crippen LogP contribution in [0.15, 0.2) is 47.2 Å². The summed E-state index contributed by atoms with van der Waals surface area (Å²) in [6, 6.07) is 13.9. The summed E-state index contributed by atoms with van der Waals surface area (Å²) in [5.41, 5.74) is 6.58. The highest BCUT2D eigenvalue weighted by Gasteiger charge is 2.52. The Morgan fingerprint density at radius 2 is 1.96 bits per heavy atom. The van der Waals surface area contributed by atoms with Gasteiger partial charge in [-0.25, -0.2) is 0 Å². The topological polar surface area (TPSA) is 110 Å². The summed E-state index contributed by atoms with van der Waals surface area (Å²) in [7, 11) is 1.59. The van der Waals surface area contributed by atoms with E-state index in [4.69, 9.17) is 10.5 Å². The number of benzene rings is 1. The Kier molecular flexibility index (Phi) is 4.91. The number of nitriles is 3. The van der Waals surface area contributed by atoms with Gasteiger partial charge < -0.3 is 10.5 Å². The minimum atomic E-state index is -1.59. The number of ether oxygens (including phenoxy) is 1. The first-order chi connectivity index (χ1) is 13.1. The maximum atomic E-state index is 9.91. The largest absolute Gasteiger partial charge is 0.496 e. The molecule has 0 saturated heterocycles. The van der Waals surface area contributed by atoms with Crippen molar-refractivity contribution in [3.05, 3.63) is 52.7 Å². The molecule has 0 saturated carbocycles. The number of hydrogen-bond donors (Lipinski definition) is 1. The van der Waals surface area contributed by atoms with Crippen molar-refractivity contribution in [1.82, 2.24) is 4.90 Å². The van der Waals surface area contributed by atoms with Crippen LogP contribution in [0.3, 0.4) is 0 Å². The fourth-order valence-corrected chi connectivity index (χ4v) is 4.23. The van der Waals surface area contributed by atoms with E-state index >= 15 is 0 Å². The van der Waals surface area contributed by atoms with Crippen LogP contribution in [-0.2, 0) is 0 Å². The normalized spacial score (nSPS) is 24.0. The molecule has 1 aliphatic carbocycles. The molecular weight excluding hydrogens is 338 g/mol. The number of fused-ring (bicyclic) bond motifs is 1. The SMILES string of the molecule is CCN1CC=C2[C@H](C1)[C@H](c1ccccc1OC)C(C#N)=C(N)C2(C#N)C#N. The highest BCUT2D eigenvalue weighted by Crippen LogP contribution is 2.53. The third-order valence-corrected chi connectivity index (χ3v) is 5.64. The van der Waals surface area contributed by atoms with Crippen molar-refractivity contribution in [1.29, 1.82) is 15.8 Å². The van der Waals surface area contributed by atoms with E-state index in [1.54, 1.807) is 7.11 Å². The second-order valence-corrected chi connectivity index (χ2v) is 6.75. The molecule has 0 radical (unpaired) electrons. The first-order valence-electron chi connectivity index (χ1n) is 8.86. The fourth-order valence-electron chi connectivity index (χ4n) is 4.23. The van der Waals surface area contributed by atoms with Crippen molar-refractivity contribution in [3.8, 4) is 24.0 Å². The number of likely N-dealkylation sites (N-methyl/N-ethyl adjacent to an activating group) is 1. The molecule has 1 aliphatic heterocycles. The number of para-hydroxylation sites is 1. The Morgan fingerprint density at radius 1 is 1.26 bits per heavy atom. The Labute approximate surface area is 159 Å². The number of rotatable bonds is 3. The van der Waals surface area contributed by atoms with Crippen LogP contribution in [-0.4, -0.2) is 31.6 Å². The van der Waals surface area contributed by atoms with Gasteiger partial charge in [0.2, 0.25) is 5.41 Å². The van der Waals surface area contributed by atoms with E-state index in [2.05, 4.69) is 30.0 Å². The van der Waals surface area contributed by atoms with Crippen molar-refractivity contribution in [2.24, 2.45) is 17.1 Å². The molecule has 1 aromatic rings. The van der Waals surface area contributed by atoms with Gasteiger partial charge >= 0.3 is 0 Å². The van der Waals surface area contributed by atoms with Crippen LogP contribution in [0.25, 0.3) is 0 Å². The molecule has 136 valence electrons. The average Bonchev–Trinajstić information content (AvgIpc) is 2.73. The minimum absolute atomic E-state index is 0.0401. The molecule has 0 unspecified atom stereocenters. The molecule has 2 aliphatic rings. The summed E-state index contributed by atoms with van der Waals surface area (Å²) in [6.45, 7) is 4.21. The van der Waals surface area contributed by atoms with Crippen molar-refractivity contribution >= 4 is 0 Å². The summed E-state index contributed by atoms with van der Waals surface area (Å²) in [5, 5.41) is 29.7. The first-order valence-corrected chi connectivity index (χ1v) is 8.86. The van der Waals surface area contributed by atoms with Gasteiger partial charge in [-0.2, -0.15) is 15.8 Å². The Hall–Kier alpha value is -3.27. The molecule has 0 bridgehead atoms. The molecule has 6 nitrogen and oxygen atoms in total. The predicted octanol–water partition coefficient (Wildman–Crippen LogP) is 2.44. The summed E-state index contributed by atoms with van der Waals surface area (Å²) >= 11 is 0. The third-order valence-electron chi connectivity index (χ3n) is 5.64. The zero-order valence-electron chi connectivity index (χ0n) is 15.4. The highest BCUT2D eigenvalue weighted by molar-refractivity contribution is 5.60. The Balaban J connectivity index is 2.33. The molecule has 27 heavy (non-hydrogen) atoms. The van der Waals surface area contributed by atoms with E-state index in [-0.39, 0.29) is 23.1 Å². The zero-order chi connectivity index (χ0) is 19.6. The number of hydrogen-bond acceptors (Lipinski definition) is 6. The maximum Gasteiger partial charge on any atom is 0.204 e. The van der Waals surface area contributed by atoms with Gasteiger partial charge in [0.15, 0.2) is 0 Å². The monoisotopic (exact) mass is 359 g/mol. The standard InChI is InChI=1S/C21H21N5O/c1-3-26-9-8-17-16(11-26)19(14-6-4-5-7-18(14)27-2)15(10-22)20(25)21(17,12-23)13-24/h4-8,16,19H,3,9,11,25H2,1-2H3/t16-,19+/m0/s1. The van der Waals surface area contributed by atoms with Gasteiger partial charge in [0.25, 0.3) is 0 Å². The van der Waals surface area contributed by atoms with Gasteiger partial charge in [0.1, 0.15) is 5.75 Å². The second kappa shape index (κ2) is 7.16. The lowest BCUT2D eigenvalue weighted by molar-refractivity contribution is 0.233. The summed E-state index contributed by atoms with van der Waals surface area (Å²) < 4.78 is 5.53. The number of nitrogens with zero attached hydrogens (tertiary/aromatic N) is 4.